The maximum Gasteiger partial charge on any atom is 0.335 e. The molecule has 0 bridgehead atoms. The third-order valence-corrected chi connectivity index (χ3v) is 4.16. The molecule has 0 aliphatic carbocycles. The molecular weight excluding hydrogens is 358 g/mol. The lowest BCUT2D eigenvalue weighted by molar-refractivity contribution is 0.0697. The number of carboxylic acid groups (broad SMARTS) is 1. The van der Waals surface area contributed by atoms with Crippen LogP contribution in [0, 0.1) is 6.92 Å². The second-order valence-electron chi connectivity index (χ2n) is 4.15. The van der Waals surface area contributed by atoms with E-state index in [9.17, 15) is 9.59 Å². The fourth-order valence-corrected chi connectivity index (χ4v) is 2.66. The van der Waals surface area contributed by atoms with E-state index in [-0.39, 0.29) is 5.56 Å². The quantitative estimate of drug-likeness (QED) is 0.771. The number of carboxylic acids is 1. The number of nitrogens with one attached hydrogen (secondary N) is 2. The van der Waals surface area contributed by atoms with Crippen LogP contribution in [0.5, 0.6) is 0 Å². The Morgan fingerprint density at radius 1 is 1.43 bits per heavy atom. The van der Waals surface area contributed by atoms with Crippen molar-refractivity contribution in [1.29, 1.82) is 0 Å². The van der Waals surface area contributed by atoms with Crippen molar-refractivity contribution in [1.82, 2.24) is 10.3 Å². The highest BCUT2D eigenvalue weighted by Gasteiger charge is 2.10. The average molecular weight is 370 g/mol. The Hall–Kier alpha value is -1.93. The van der Waals surface area contributed by atoms with Gasteiger partial charge in [-0.3, -0.25) is 0 Å². The molecule has 0 atom stereocenters. The van der Waals surface area contributed by atoms with E-state index in [0.29, 0.717) is 16.7 Å². The number of hydrogen-bond acceptors (Lipinski definition) is 4. The van der Waals surface area contributed by atoms with Gasteiger partial charge in [-0.2, -0.15) is 0 Å². The number of benzene rings is 1. The molecule has 0 aliphatic heterocycles. The summed E-state index contributed by atoms with van der Waals surface area (Å²) in [7, 11) is 0. The zero-order chi connectivity index (χ0) is 15.4. The van der Waals surface area contributed by atoms with Crippen LogP contribution < -0.4 is 10.6 Å². The first kappa shape index (κ1) is 15.5. The molecule has 2 rings (SSSR count). The number of carbonyl (C=O) groups is 2. The second-order valence-corrected chi connectivity index (χ2v) is 6.33. The lowest BCUT2D eigenvalue weighted by Crippen LogP contribution is -2.28. The number of nitrogens with zero attached hydrogens (tertiary/aromatic N) is 1. The highest BCUT2D eigenvalue weighted by molar-refractivity contribution is 9.10. The first-order valence-corrected chi connectivity index (χ1v) is 7.55. The van der Waals surface area contributed by atoms with E-state index >= 15 is 0 Å². The Balaban J connectivity index is 1.99. The molecule has 1 heterocycles. The molecule has 3 N–H and O–H groups in total. The maximum atomic E-state index is 11.8. The van der Waals surface area contributed by atoms with Crippen molar-refractivity contribution in [3.63, 3.8) is 0 Å². The van der Waals surface area contributed by atoms with Gasteiger partial charge in [0.15, 0.2) is 0 Å². The second kappa shape index (κ2) is 6.68. The molecule has 2 aromatic rings. The number of hydrogen-bond donors (Lipinski definition) is 3. The molecule has 0 saturated heterocycles. The van der Waals surface area contributed by atoms with Crippen LogP contribution in [0.4, 0.5) is 10.5 Å². The minimum absolute atomic E-state index is 0.103. The molecule has 6 nitrogen and oxygen atoms in total. The summed E-state index contributed by atoms with van der Waals surface area (Å²) in [5.74, 6) is -1.05. The number of carbonyl (C=O) groups excluding carboxylic acids is 1. The van der Waals surface area contributed by atoms with Crippen LogP contribution in [0.25, 0.3) is 0 Å². The van der Waals surface area contributed by atoms with Crippen molar-refractivity contribution >= 4 is 45.0 Å². The number of urea groups is 1. The SMILES string of the molecule is Cc1ncc(CNC(=O)Nc2cc(C(=O)O)ccc2Br)s1. The molecule has 1 aromatic heterocycles. The minimum atomic E-state index is -1.05. The van der Waals surface area contributed by atoms with Gasteiger partial charge in [-0.05, 0) is 41.1 Å². The van der Waals surface area contributed by atoms with E-state index in [4.69, 9.17) is 5.11 Å². The summed E-state index contributed by atoms with van der Waals surface area (Å²) in [5, 5.41) is 15.2. The van der Waals surface area contributed by atoms with Crippen LogP contribution in [-0.4, -0.2) is 22.1 Å². The largest absolute Gasteiger partial charge is 0.478 e. The Morgan fingerprint density at radius 3 is 2.81 bits per heavy atom. The summed E-state index contributed by atoms with van der Waals surface area (Å²) in [4.78, 5) is 27.8. The van der Waals surface area contributed by atoms with Crippen molar-refractivity contribution in [2.75, 3.05) is 5.32 Å². The van der Waals surface area contributed by atoms with Crippen LogP contribution in [-0.2, 0) is 6.54 Å². The summed E-state index contributed by atoms with van der Waals surface area (Å²) in [5.41, 5.74) is 0.500. The minimum Gasteiger partial charge on any atom is -0.478 e. The molecule has 110 valence electrons. The van der Waals surface area contributed by atoms with Crippen molar-refractivity contribution in [2.24, 2.45) is 0 Å². The normalized spacial score (nSPS) is 10.2. The standard InChI is InChI=1S/C13H12BrN3O3S/c1-7-15-5-9(21-7)6-16-13(20)17-11-4-8(12(18)19)2-3-10(11)14/h2-5H,6H2,1H3,(H,18,19)(H2,16,17,20). The molecular formula is C13H12BrN3O3S. The first-order chi connectivity index (χ1) is 9.95. The third kappa shape index (κ3) is 4.27. The van der Waals surface area contributed by atoms with Gasteiger partial charge >= 0.3 is 12.0 Å². The number of amides is 2. The van der Waals surface area contributed by atoms with Gasteiger partial charge in [-0.15, -0.1) is 11.3 Å². The Morgan fingerprint density at radius 2 is 2.19 bits per heavy atom. The Labute approximate surface area is 133 Å². The fraction of sp³-hybridized carbons (Fsp3) is 0.154. The van der Waals surface area contributed by atoms with Gasteiger partial charge in [0.1, 0.15) is 0 Å². The summed E-state index contributed by atoms with van der Waals surface area (Å²) in [6, 6.07) is 4.01. The van der Waals surface area contributed by atoms with Crippen LogP contribution in [0.1, 0.15) is 20.2 Å². The summed E-state index contributed by atoms with van der Waals surface area (Å²) >= 11 is 4.77. The van der Waals surface area contributed by atoms with Crippen molar-refractivity contribution < 1.29 is 14.7 Å². The van der Waals surface area contributed by atoms with Crippen molar-refractivity contribution in [3.8, 4) is 0 Å². The zero-order valence-corrected chi connectivity index (χ0v) is 13.4. The van der Waals surface area contributed by atoms with Crippen molar-refractivity contribution in [3.05, 3.63) is 44.3 Å². The zero-order valence-electron chi connectivity index (χ0n) is 11.0. The Bertz CT molecular complexity index is 687. The molecule has 0 radical (unpaired) electrons. The molecule has 8 heteroatoms. The molecule has 0 saturated carbocycles. The van der Waals surface area contributed by atoms with Gasteiger partial charge in [-0.25, -0.2) is 14.6 Å². The average Bonchev–Trinajstić information content (AvgIpc) is 2.84. The van der Waals surface area contributed by atoms with Gasteiger partial charge in [0, 0.05) is 15.5 Å². The number of anilines is 1. The van der Waals surface area contributed by atoms with Crippen LogP contribution in [0.2, 0.25) is 0 Å². The molecule has 1 aromatic carbocycles. The number of aryl methyl sites for hydroxylation is 1. The van der Waals surface area contributed by atoms with E-state index < -0.39 is 12.0 Å². The van der Waals surface area contributed by atoms with Gasteiger partial charge < -0.3 is 15.7 Å². The highest BCUT2D eigenvalue weighted by Crippen LogP contribution is 2.23. The van der Waals surface area contributed by atoms with E-state index in [1.54, 1.807) is 12.3 Å². The number of thiazole rings is 1. The number of aromatic carboxylic acids is 1. The number of aromatic nitrogens is 1. The third-order valence-electron chi connectivity index (χ3n) is 2.55. The monoisotopic (exact) mass is 369 g/mol. The molecule has 21 heavy (non-hydrogen) atoms. The van der Waals surface area contributed by atoms with Gasteiger partial charge in [0.05, 0.1) is 22.8 Å². The number of rotatable bonds is 4. The Kier molecular flexibility index (Phi) is 4.92. The van der Waals surface area contributed by atoms with E-state index in [0.717, 1.165) is 9.88 Å². The van der Waals surface area contributed by atoms with E-state index in [1.807, 2.05) is 6.92 Å². The van der Waals surface area contributed by atoms with Gasteiger partial charge in [0.2, 0.25) is 0 Å². The molecule has 0 aliphatic rings. The van der Waals surface area contributed by atoms with Gasteiger partial charge in [0.25, 0.3) is 0 Å². The lowest BCUT2D eigenvalue weighted by Gasteiger charge is -2.09. The predicted molar refractivity (Wildman–Crippen MR) is 83.8 cm³/mol. The molecule has 0 unspecified atom stereocenters. The summed E-state index contributed by atoms with van der Waals surface area (Å²) < 4.78 is 0.608. The van der Waals surface area contributed by atoms with Gasteiger partial charge in [-0.1, -0.05) is 0 Å². The van der Waals surface area contributed by atoms with Crippen LogP contribution in [0.3, 0.4) is 0 Å². The van der Waals surface area contributed by atoms with E-state index in [2.05, 4.69) is 31.5 Å². The number of halogens is 1. The highest BCUT2D eigenvalue weighted by atomic mass is 79.9. The molecule has 2 amide bonds. The first-order valence-electron chi connectivity index (χ1n) is 5.94. The van der Waals surface area contributed by atoms with Crippen LogP contribution >= 0.6 is 27.3 Å². The smallest absolute Gasteiger partial charge is 0.335 e. The van der Waals surface area contributed by atoms with E-state index in [1.165, 1.54) is 23.5 Å². The van der Waals surface area contributed by atoms with Crippen LogP contribution in [0.15, 0.2) is 28.9 Å². The topological polar surface area (TPSA) is 91.3 Å². The molecule has 0 fully saturated rings. The molecule has 0 spiro atoms. The lowest BCUT2D eigenvalue weighted by atomic mass is 10.2. The predicted octanol–water partition coefficient (Wildman–Crippen LogP) is 3.23. The fourth-order valence-electron chi connectivity index (χ4n) is 1.58. The maximum absolute atomic E-state index is 11.8. The summed E-state index contributed by atoms with van der Waals surface area (Å²) in [6.07, 6.45) is 1.71. The summed E-state index contributed by atoms with van der Waals surface area (Å²) in [6.45, 7) is 2.26. The van der Waals surface area contributed by atoms with Crippen molar-refractivity contribution in [2.45, 2.75) is 13.5 Å².